The summed E-state index contributed by atoms with van der Waals surface area (Å²) in [5, 5.41) is 0. The van der Waals surface area contributed by atoms with Gasteiger partial charge in [-0.25, -0.2) is 38.4 Å². The van der Waals surface area contributed by atoms with Gasteiger partial charge in [0.1, 0.15) is 28.7 Å². The molecule has 0 unspecified atom stereocenters. The van der Waals surface area contributed by atoms with Gasteiger partial charge in [0.05, 0.1) is 55.8 Å². The van der Waals surface area contributed by atoms with Gasteiger partial charge in [-0.15, -0.1) is 0 Å². The first-order chi connectivity index (χ1) is 36.2. The van der Waals surface area contributed by atoms with E-state index in [9.17, 15) is 38.4 Å². The molecule has 0 spiro atoms. The summed E-state index contributed by atoms with van der Waals surface area (Å²) < 4.78 is 50.7. The maximum atomic E-state index is 12.9. The lowest BCUT2D eigenvalue weighted by Crippen LogP contribution is -2.12. The molecule has 0 N–H and O–H groups in total. The minimum absolute atomic E-state index is 0.162. The molecule has 0 atom stereocenters. The zero-order valence-electron chi connectivity index (χ0n) is 41.9. The molecule has 0 bridgehead atoms. The van der Waals surface area contributed by atoms with Crippen LogP contribution < -0.4 is 23.7 Å². The lowest BCUT2D eigenvalue weighted by atomic mass is 10.1. The van der Waals surface area contributed by atoms with Gasteiger partial charge in [-0.1, -0.05) is 30.9 Å². The molecular formula is C57H58O18. The molecule has 75 heavy (non-hydrogen) atoms. The predicted molar refractivity (Wildman–Crippen MR) is 271 cm³/mol. The Morgan fingerprint density at radius 3 is 1.11 bits per heavy atom. The average molecular weight is 1030 g/mol. The second kappa shape index (κ2) is 32.1. The Balaban J connectivity index is 0.000000654. The summed E-state index contributed by atoms with van der Waals surface area (Å²) in [4.78, 5) is 95.0. The van der Waals surface area contributed by atoms with Crippen LogP contribution in [0.3, 0.4) is 0 Å². The minimum atomic E-state index is -0.882. The smallest absolute Gasteiger partial charge is 0.463 e. The third-order valence-corrected chi connectivity index (χ3v) is 10.2. The molecule has 0 fully saturated rings. The maximum absolute atomic E-state index is 12.9. The van der Waals surface area contributed by atoms with Crippen molar-refractivity contribution in [2.75, 3.05) is 33.5 Å². The van der Waals surface area contributed by atoms with E-state index in [0.29, 0.717) is 43.8 Å². The number of rotatable bonds is 25. The Morgan fingerprint density at radius 1 is 0.387 bits per heavy atom. The number of aryl methyl sites for hydroxylation is 2. The van der Waals surface area contributed by atoms with Crippen molar-refractivity contribution in [2.45, 2.75) is 65.2 Å². The van der Waals surface area contributed by atoms with Crippen molar-refractivity contribution in [1.82, 2.24) is 0 Å². The molecule has 0 aromatic heterocycles. The van der Waals surface area contributed by atoms with Crippen molar-refractivity contribution in [3.8, 4) is 28.7 Å². The first-order valence-corrected chi connectivity index (χ1v) is 23.7. The number of hydrogen-bond acceptors (Lipinski definition) is 18. The van der Waals surface area contributed by atoms with Crippen LogP contribution in [0.15, 0.2) is 141 Å². The highest BCUT2D eigenvalue weighted by molar-refractivity contribution is 5.94. The topological polar surface area (TPSA) is 229 Å². The zero-order valence-corrected chi connectivity index (χ0v) is 41.9. The lowest BCUT2D eigenvalue weighted by Gasteiger charge is -2.11. The number of benzene rings is 5. The third-order valence-electron chi connectivity index (χ3n) is 10.2. The van der Waals surface area contributed by atoms with Crippen LogP contribution in [0.5, 0.6) is 28.7 Å². The molecule has 18 heteroatoms. The highest BCUT2D eigenvalue weighted by Gasteiger charge is 2.17. The highest BCUT2D eigenvalue weighted by Crippen LogP contribution is 2.26. The SMILES string of the molecule is C=CC(=O)OCCCCCCOC(=O)OC.C=CC(=O)OCCCCCCOC(=O)Oc1ccc(C(=O)Oc2ccc(C(=O)Oc3ccc(OC(=O)c4ccc(OC(=O)c5ccc(C)cc5)cc4)c(C)c3)cc2)cc1. The van der Waals surface area contributed by atoms with E-state index in [1.54, 1.807) is 25.1 Å². The normalized spacial score (nSPS) is 10.2. The number of unbranched alkanes of at least 4 members (excludes halogenated alkanes) is 6. The quantitative estimate of drug-likeness (QED) is 0.0132. The number of hydrogen-bond donors (Lipinski definition) is 0. The van der Waals surface area contributed by atoms with E-state index in [0.717, 1.165) is 56.2 Å². The minimum Gasteiger partial charge on any atom is -0.463 e. The first kappa shape index (κ1) is 58.5. The molecule has 0 radical (unpaired) electrons. The van der Waals surface area contributed by atoms with Gasteiger partial charge in [-0.2, -0.15) is 0 Å². The molecule has 5 aromatic rings. The van der Waals surface area contributed by atoms with Gasteiger partial charge in [0.2, 0.25) is 0 Å². The van der Waals surface area contributed by atoms with Gasteiger partial charge >= 0.3 is 48.1 Å². The van der Waals surface area contributed by atoms with Crippen molar-refractivity contribution in [2.24, 2.45) is 0 Å². The van der Waals surface area contributed by atoms with Crippen LogP contribution in [0.1, 0.15) is 104 Å². The standard InChI is InChI=1S/C46H40O13.C11H18O5/c1-4-41(47)53-27-7-5-6-8-28-54-46(52)58-38-23-17-33(18-24-38)43(49)56-36-19-13-34(14-20-36)44(50)57-39-25-26-40(31(3)29-39)59-45(51)35-15-21-37(22-16-35)55-42(48)32-11-9-30(2)10-12-32;1-3-10(12)15-8-6-4-5-7-9-16-11(13)14-2/h4,9-26,29H,1,5-8,27-28H2,2-3H3;3H,1,4-9H2,2H3. The van der Waals surface area contributed by atoms with E-state index in [1.807, 2.05) is 19.1 Å². The van der Waals surface area contributed by atoms with Crippen molar-refractivity contribution >= 4 is 48.1 Å². The van der Waals surface area contributed by atoms with E-state index in [-0.39, 0.29) is 52.0 Å². The average Bonchev–Trinajstić information content (AvgIpc) is 3.41. The van der Waals surface area contributed by atoms with Gasteiger partial charge in [0, 0.05) is 12.2 Å². The number of esters is 6. The van der Waals surface area contributed by atoms with Gasteiger partial charge in [0.25, 0.3) is 0 Å². The van der Waals surface area contributed by atoms with Gasteiger partial charge in [-0.3, -0.25) is 0 Å². The van der Waals surface area contributed by atoms with Gasteiger partial charge in [0.15, 0.2) is 0 Å². The summed E-state index contributed by atoms with van der Waals surface area (Å²) in [6, 6.07) is 28.9. The summed E-state index contributed by atoms with van der Waals surface area (Å²) in [6.45, 7) is 11.5. The number of ether oxygens (including phenoxy) is 10. The highest BCUT2D eigenvalue weighted by atomic mass is 16.7. The molecule has 5 aromatic carbocycles. The summed E-state index contributed by atoms with van der Waals surface area (Å²) in [5.74, 6) is -2.29. The van der Waals surface area contributed by atoms with E-state index in [2.05, 4.69) is 17.9 Å². The fraction of sp³-hybridized carbons (Fsp3) is 0.263. The summed E-state index contributed by atoms with van der Waals surface area (Å²) in [7, 11) is 1.27. The molecule has 5 rings (SSSR count). The molecule has 0 aliphatic rings. The van der Waals surface area contributed by atoms with Crippen molar-refractivity contribution < 1.29 is 85.7 Å². The molecule has 0 heterocycles. The Labute approximate surface area is 434 Å². The summed E-state index contributed by atoms with van der Waals surface area (Å²) in [5.41, 5.74) is 2.55. The number of carbonyl (C=O) groups is 8. The molecule has 0 saturated heterocycles. The largest absolute Gasteiger partial charge is 0.513 e. The van der Waals surface area contributed by atoms with E-state index in [1.165, 1.54) is 92.0 Å². The van der Waals surface area contributed by atoms with Crippen LogP contribution in [0, 0.1) is 13.8 Å². The first-order valence-electron chi connectivity index (χ1n) is 23.7. The van der Waals surface area contributed by atoms with Crippen LogP contribution in [0.2, 0.25) is 0 Å². The van der Waals surface area contributed by atoms with E-state index in [4.69, 9.17) is 42.6 Å². The van der Waals surface area contributed by atoms with Crippen LogP contribution in [-0.4, -0.2) is 81.7 Å². The molecule has 0 aliphatic heterocycles. The molecule has 0 amide bonds. The van der Waals surface area contributed by atoms with Crippen molar-refractivity contribution in [1.29, 1.82) is 0 Å². The fourth-order valence-corrected chi connectivity index (χ4v) is 6.20. The Hall–Kier alpha value is -9.06. The van der Waals surface area contributed by atoms with E-state index >= 15 is 0 Å². The van der Waals surface area contributed by atoms with Gasteiger partial charge < -0.3 is 47.4 Å². The van der Waals surface area contributed by atoms with Crippen molar-refractivity contribution in [3.05, 3.63) is 174 Å². The third kappa shape index (κ3) is 22.1. The fourth-order valence-electron chi connectivity index (χ4n) is 6.20. The van der Waals surface area contributed by atoms with Crippen molar-refractivity contribution in [3.63, 3.8) is 0 Å². The maximum Gasteiger partial charge on any atom is 0.513 e. The second-order valence-corrected chi connectivity index (χ2v) is 16.0. The second-order valence-electron chi connectivity index (χ2n) is 16.0. The summed E-state index contributed by atoms with van der Waals surface area (Å²) in [6.07, 6.45) is 7.03. The van der Waals surface area contributed by atoms with Gasteiger partial charge in [-0.05, 0) is 174 Å². The van der Waals surface area contributed by atoms with Crippen LogP contribution in [0.25, 0.3) is 0 Å². The molecule has 394 valence electrons. The Kier molecular flexibility index (Phi) is 25.0. The van der Waals surface area contributed by atoms with Crippen LogP contribution >= 0.6 is 0 Å². The summed E-state index contributed by atoms with van der Waals surface area (Å²) >= 11 is 0. The van der Waals surface area contributed by atoms with E-state index < -0.39 is 48.1 Å². The number of methoxy groups -OCH3 is 1. The zero-order chi connectivity index (χ0) is 54.4. The molecule has 0 aliphatic carbocycles. The molecule has 0 saturated carbocycles. The number of carbonyl (C=O) groups excluding carboxylic acids is 8. The van der Waals surface area contributed by atoms with Crippen LogP contribution in [0.4, 0.5) is 9.59 Å². The monoisotopic (exact) mass is 1030 g/mol. The van der Waals surface area contributed by atoms with Crippen LogP contribution in [-0.2, 0) is 33.3 Å². The molecular weight excluding hydrogens is 973 g/mol. The predicted octanol–water partition coefficient (Wildman–Crippen LogP) is 11.0. The molecule has 18 nitrogen and oxygen atoms in total. The lowest BCUT2D eigenvalue weighted by molar-refractivity contribution is -0.138. The Bertz CT molecular complexity index is 2710. The Morgan fingerprint density at radius 2 is 0.720 bits per heavy atom.